The summed E-state index contributed by atoms with van der Waals surface area (Å²) >= 11 is 5.98. The second kappa shape index (κ2) is 5.78. The fraction of sp³-hybridized carbons (Fsp3) is 0.235. The van der Waals surface area contributed by atoms with Gasteiger partial charge >= 0.3 is 5.69 Å². The molecule has 0 spiro atoms. The quantitative estimate of drug-likeness (QED) is 0.677. The van der Waals surface area contributed by atoms with Crippen LogP contribution in [0.15, 0.2) is 59.4 Å². The first kappa shape index (κ1) is 14.0. The second-order valence-corrected chi connectivity index (χ2v) is 5.48. The number of imidazole rings is 1. The fourth-order valence-corrected chi connectivity index (χ4v) is 3.05. The van der Waals surface area contributed by atoms with Crippen LogP contribution in [0.25, 0.3) is 11.0 Å². The summed E-state index contributed by atoms with van der Waals surface area (Å²) in [7, 11) is 1.81. The molecule has 0 amide bonds. The molecule has 0 aliphatic rings. The summed E-state index contributed by atoms with van der Waals surface area (Å²) in [5.41, 5.74) is 2.99. The Bertz CT molecular complexity index is 805. The van der Waals surface area contributed by atoms with Crippen LogP contribution in [0.1, 0.15) is 18.0 Å². The zero-order valence-electron chi connectivity index (χ0n) is 11.9. The first-order valence-corrected chi connectivity index (χ1v) is 7.54. The van der Waals surface area contributed by atoms with Gasteiger partial charge in [0, 0.05) is 12.9 Å². The highest BCUT2D eigenvalue weighted by atomic mass is 35.5. The van der Waals surface area contributed by atoms with Gasteiger partial charge < -0.3 is 0 Å². The van der Waals surface area contributed by atoms with Crippen molar-refractivity contribution in [3.63, 3.8) is 0 Å². The highest BCUT2D eigenvalue weighted by Gasteiger charge is 2.20. The minimum absolute atomic E-state index is 0.00447. The normalized spacial score (nSPS) is 12.7. The van der Waals surface area contributed by atoms with Crippen molar-refractivity contribution in [1.29, 1.82) is 0 Å². The molecule has 0 saturated carbocycles. The van der Waals surface area contributed by atoms with Crippen molar-refractivity contribution in [3.8, 4) is 0 Å². The lowest BCUT2D eigenvalue weighted by Crippen LogP contribution is -2.27. The molecule has 4 heteroatoms. The molecule has 0 radical (unpaired) electrons. The highest BCUT2D eigenvalue weighted by molar-refractivity contribution is 6.17. The molecule has 0 N–H and O–H groups in total. The van der Waals surface area contributed by atoms with Gasteiger partial charge in [0.1, 0.15) is 0 Å². The predicted octanol–water partition coefficient (Wildman–Crippen LogP) is 3.56. The van der Waals surface area contributed by atoms with Crippen LogP contribution >= 0.6 is 11.6 Å². The van der Waals surface area contributed by atoms with Crippen molar-refractivity contribution in [2.45, 2.75) is 12.5 Å². The van der Waals surface area contributed by atoms with E-state index in [9.17, 15) is 4.79 Å². The Labute approximate surface area is 128 Å². The predicted molar refractivity (Wildman–Crippen MR) is 87.1 cm³/mol. The minimum Gasteiger partial charge on any atom is -0.295 e. The van der Waals surface area contributed by atoms with Crippen LogP contribution in [0.5, 0.6) is 0 Å². The highest BCUT2D eigenvalue weighted by Crippen LogP contribution is 2.25. The molecule has 2 aromatic carbocycles. The summed E-state index contributed by atoms with van der Waals surface area (Å²) in [6.45, 7) is 0. The average Bonchev–Trinajstić information content (AvgIpc) is 2.78. The number of halogens is 1. The van der Waals surface area contributed by atoms with E-state index in [1.807, 2.05) is 66.2 Å². The van der Waals surface area contributed by atoms with Gasteiger partial charge in [-0.05, 0) is 24.1 Å². The molecule has 21 heavy (non-hydrogen) atoms. The van der Waals surface area contributed by atoms with Crippen LogP contribution in [-0.4, -0.2) is 15.0 Å². The second-order valence-electron chi connectivity index (χ2n) is 5.10. The summed E-state index contributed by atoms with van der Waals surface area (Å²) < 4.78 is 3.55. The van der Waals surface area contributed by atoms with Gasteiger partial charge in [-0.15, -0.1) is 11.6 Å². The number of para-hydroxylation sites is 2. The maximum Gasteiger partial charge on any atom is 0.329 e. The number of fused-ring (bicyclic) bond motifs is 1. The van der Waals surface area contributed by atoms with Gasteiger partial charge in [0.2, 0.25) is 0 Å². The smallest absolute Gasteiger partial charge is 0.295 e. The third-order valence-electron chi connectivity index (χ3n) is 3.87. The van der Waals surface area contributed by atoms with E-state index in [0.717, 1.165) is 23.0 Å². The Balaban J connectivity index is 2.26. The van der Waals surface area contributed by atoms with Gasteiger partial charge in [-0.2, -0.15) is 0 Å². The maximum absolute atomic E-state index is 12.7. The van der Waals surface area contributed by atoms with Crippen molar-refractivity contribution in [3.05, 3.63) is 70.6 Å². The summed E-state index contributed by atoms with van der Waals surface area (Å²) in [4.78, 5) is 12.7. The maximum atomic E-state index is 12.7. The van der Waals surface area contributed by atoms with Gasteiger partial charge in [-0.1, -0.05) is 42.5 Å². The number of aryl methyl sites for hydroxylation is 1. The summed E-state index contributed by atoms with van der Waals surface area (Å²) in [6, 6.07) is 17.9. The molecule has 0 saturated heterocycles. The van der Waals surface area contributed by atoms with Crippen LogP contribution in [0.2, 0.25) is 0 Å². The molecule has 1 heterocycles. The molecule has 0 aliphatic carbocycles. The average molecular weight is 301 g/mol. The lowest BCUT2D eigenvalue weighted by Gasteiger charge is -2.18. The van der Waals surface area contributed by atoms with E-state index in [1.165, 1.54) is 0 Å². The molecule has 0 bridgehead atoms. The standard InChI is InChI=1S/C17H17ClN2O/c1-19-15-9-5-6-10-16(15)20(17(19)21)14(11-12-18)13-7-3-2-4-8-13/h2-10,14H,11-12H2,1H3/t14-/m1/s1. The molecule has 0 aliphatic heterocycles. The van der Waals surface area contributed by atoms with E-state index in [4.69, 9.17) is 11.6 Å². The molecule has 1 atom stereocenters. The summed E-state index contributed by atoms with van der Waals surface area (Å²) in [5, 5.41) is 0. The minimum atomic E-state index is -0.0395. The van der Waals surface area contributed by atoms with Gasteiger partial charge in [0.25, 0.3) is 0 Å². The Morgan fingerprint density at radius 2 is 1.62 bits per heavy atom. The van der Waals surface area contributed by atoms with Gasteiger partial charge in [-0.25, -0.2) is 4.79 Å². The lowest BCUT2D eigenvalue weighted by atomic mass is 10.0. The van der Waals surface area contributed by atoms with E-state index in [-0.39, 0.29) is 11.7 Å². The number of hydrogen-bond acceptors (Lipinski definition) is 1. The number of aromatic nitrogens is 2. The Kier molecular flexibility index (Phi) is 3.84. The zero-order valence-corrected chi connectivity index (χ0v) is 12.6. The number of alkyl halides is 1. The van der Waals surface area contributed by atoms with Crippen LogP contribution in [0.4, 0.5) is 0 Å². The van der Waals surface area contributed by atoms with Gasteiger partial charge in [0.05, 0.1) is 17.1 Å². The summed E-state index contributed by atoms with van der Waals surface area (Å²) in [6.07, 6.45) is 0.722. The molecule has 0 fully saturated rings. The van der Waals surface area contributed by atoms with E-state index in [2.05, 4.69) is 0 Å². The molecular weight excluding hydrogens is 284 g/mol. The van der Waals surface area contributed by atoms with Crippen molar-refractivity contribution in [1.82, 2.24) is 9.13 Å². The Morgan fingerprint density at radius 3 is 2.29 bits per heavy atom. The van der Waals surface area contributed by atoms with E-state index in [0.29, 0.717) is 5.88 Å². The number of benzene rings is 2. The summed E-state index contributed by atoms with van der Waals surface area (Å²) in [5.74, 6) is 0.509. The van der Waals surface area contributed by atoms with E-state index < -0.39 is 0 Å². The van der Waals surface area contributed by atoms with Crippen LogP contribution in [0.3, 0.4) is 0 Å². The van der Waals surface area contributed by atoms with Crippen LogP contribution in [-0.2, 0) is 7.05 Å². The molecule has 108 valence electrons. The zero-order chi connectivity index (χ0) is 14.8. The number of hydrogen-bond donors (Lipinski definition) is 0. The lowest BCUT2D eigenvalue weighted by molar-refractivity contribution is 0.556. The number of nitrogens with zero attached hydrogens (tertiary/aromatic N) is 2. The topological polar surface area (TPSA) is 26.9 Å². The van der Waals surface area contributed by atoms with Crippen LogP contribution in [0, 0.1) is 0 Å². The largest absolute Gasteiger partial charge is 0.329 e. The van der Waals surface area contributed by atoms with Crippen molar-refractivity contribution in [2.24, 2.45) is 7.05 Å². The Hall–Kier alpha value is -2.00. The third-order valence-corrected chi connectivity index (χ3v) is 4.09. The first-order chi connectivity index (χ1) is 10.2. The van der Waals surface area contributed by atoms with Crippen LogP contribution < -0.4 is 5.69 Å². The van der Waals surface area contributed by atoms with Gasteiger partial charge in [0.15, 0.2) is 0 Å². The molecule has 3 rings (SSSR count). The van der Waals surface area contributed by atoms with E-state index >= 15 is 0 Å². The van der Waals surface area contributed by atoms with Crippen molar-refractivity contribution >= 4 is 22.6 Å². The molecule has 3 nitrogen and oxygen atoms in total. The van der Waals surface area contributed by atoms with E-state index in [1.54, 1.807) is 4.57 Å². The number of rotatable bonds is 4. The third kappa shape index (κ3) is 2.38. The molecule has 1 aromatic heterocycles. The molecule has 3 aromatic rings. The molecular formula is C17H17ClN2O. The first-order valence-electron chi connectivity index (χ1n) is 7.01. The van der Waals surface area contributed by atoms with Crippen molar-refractivity contribution in [2.75, 3.05) is 5.88 Å². The van der Waals surface area contributed by atoms with Crippen molar-refractivity contribution < 1.29 is 0 Å². The monoisotopic (exact) mass is 300 g/mol. The molecule has 0 unspecified atom stereocenters. The SMILES string of the molecule is Cn1c(=O)n([C@H](CCCl)c2ccccc2)c2ccccc21. The Morgan fingerprint density at radius 1 is 1.00 bits per heavy atom. The fourth-order valence-electron chi connectivity index (χ4n) is 2.84. The van der Waals surface area contributed by atoms with Gasteiger partial charge in [-0.3, -0.25) is 9.13 Å².